The number of carbonyl (C=O) groups is 1. The number of nitrogens with one attached hydrogen (secondary N) is 1. The normalized spacial score (nSPS) is 26.4. The van der Waals surface area contributed by atoms with Gasteiger partial charge in [0.1, 0.15) is 0 Å². The average molecular weight is 261 g/mol. The zero-order valence-electron chi connectivity index (χ0n) is 10.8. The van der Waals surface area contributed by atoms with E-state index in [2.05, 4.69) is 17.1 Å². The summed E-state index contributed by atoms with van der Waals surface area (Å²) in [6.45, 7) is 4.90. The van der Waals surface area contributed by atoms with E-state index in [1.165, 1.54) is 32.1 Å². The Labute approximate surface area is 111 Å². The molecular formula is C13H25ClN2O. The molecule has 2 aliphatic rings. The molecule has 1 aliphatic heterocycles. The van der Waals surface area contributed by atoms with Crippen LogP contribution in [0, 0.1) is 5.92 Å². The van der Waals surface area contributed by atoms with Crippen molar-refractivity contribution in [1.82, 2.24) is 10.2 Å². The van der Waals surface area contributed by atoms with Gasteiger partial charge in [0, 0.05) is 32.1 Å². The van der Waals surface area contributed by atoms with E-state index in [1.807, 2.05) is 0 Å². The van der Waals surface area contributed by atoms with Crippen molar-refractivity contribution >= 4 is 18.3 Å². The van der Waals surface area contributed by atoms with Crippen molar-refractivity contribution in [3.8, 4) is 0 Å². The zero-order chi connectivity index (χ0) is 11.4. The Bertz CT molecular complexity index is 242. The molecule has 0 aromatic rings. The molecule has 2 rings (SSSR count). The second-order valence-electron chi connectivity index (χ2n) is 5.40. The lowest BCUT2D eigenvalue weighted by Gasteiger charge is -2.33. The third kappa shape index (κ3) is 4.47. The Morgan fingerprint density at radius 3 is 2.65 bits per heavy atom. The maximum absolute atomic E-state index is 12.1. The molecule has 1 N–H and O–H groups in total. The first-order valence-corrected chi connectivity index (χ1v) is 6.77. The summed E-state index contributed by atoms with van der Waals surface area (Å²) in [5.41, 5.74) is 0. The highest BCUT2D eigenvalue weighted by Crippen LogP contribution is 2.26. The molecule has 17 heavy (non-hydrogen) atoms. The van der Waals surface area contributed by atoms with E-state index in [0.29, 0.717) is 17.9 Å². The molecule has 1 aliphatic carbocycles. The van der Waals surface area contributed by atoms with Crippen LogP contribution in [0.4, 0.5) is 0 Å². The summed E-state index contributed by atoms with van der Waals surface area (Å²) >= 11 is 0. The monoisotopic (exact) mass is 260 g/mol. The lowest BCUT2D eigenvalue weighted by Crippen LogP contribution is -2.51. The molecule has 1 heterocycles. The van der Waals surface area contributed by atoms with Crippen LogP contribution < -0.4 is 5.32 Å². The quantitative estimate of drug-likeness (QED) is 0.826. The predicted octanol–water partition coefficient (Wildman–Crippen LogP) is 2.20. The Morgan fingerprint density at radius 1 is 1.29 bits per heavy atom. The SMILES string of the molecule is C[C@H]1CN(C(=O)CC2CCCCC2)CCN1.Cl. The maximum Gasteiger partial charge on any atom is 0.222 e. The molecule has 0 aromatic carbocycles. The summed E-state index contributed by atoms with van der Waals surface area (Å²) in [7, 11) is 0. The first-order valence-electron chi connectivity index (χ1n) is 6.77. The lowest BCUT2D eigenvalue weighted by atomic mass is 9.86. The third-order valence-electron chi connectivity index (χ3n) is 3.91. The molecule has 1 amide bonds. The van der Waals surface area contributed by atoms with Crippen LogP contribution >= 0.6 is 12.4 Å². The molecular weight excluding hydrogens is 236 g/mol. The van der Waals surface area contributed by atoms with Crippen molar-refractivity contribution in [2.45, 2.75) is 51.5 Å². The molecule has 0 spiro atoms. The number of hydrogen-bond donors (Lipinski definition) is 1. The summed E-state index contributed by atoms with van der Waals surface area (Å²) < 4.78 is 0. The molecule has 1 atom stereocenters. The van der Waals surface area contributed by atoms with Crippen molar-refractivity contribution in [1.29, 1.82) is 0 Å². The molecule has 0 aromatic heterocycles. The van der Waals surface area contributed by atoms with Gasteiger partial charge in [0.05, 0.1) is 0 Å². The van der Waals surface area contributed by atoms with E-state index < -0.39 is 0 Å². The van der Waals surface area contributed by atoms with Gasteiger partial charge in [-0.2, -0.15) is 0 Å². The van der Waals surface area contributed by atoms with Gasteiger partial charge in [0.15, 0.2) is 0 Å². The van der Waals surface area contributed by atoms with Gasteiger partial charge in [-0.15, -0.1) is 12.4 Å². The van der Waals surface area contributed by atoms with Crippen LogP contribution in [0.5, 0.6) is 0 Å². The number of amides is 1. The van der Waals surface area contributed by atoms with Crippen molar-refractivity contribution in [3.05, 3.63) is 0 Å². The minimum Gasteiger partial charge on any atom is -0.340 e. The first kappa shape index (κ1) is 14.8. The van der Waals surface area contributed by atoms with Crippen LogP contribution in [0.2, 0.25) is 0 Å². The standard InChI is InChI=1S/C13H24N2O.ClH/c1-11-10-15(8-7-14-11)13(16)9-12-5-3-2-4-6-12;/h11-12,14H,2-10H2,1H3;1H/t11-;/m0./s1. The first-order chi connectivity index (χ1) is 7.75. The Kier molecular flexibility index (Phi) is 6.28. The van der Waals surface area contributed by atoms with Gasteiger partial charge in [0.25, 0.3) is 0 Å². The molecule has 0 bridgehead atoms. The molecule has 0 radical (unpaired) electrons. The van der Waals surface area contributed by atoms with Crippen LogP contribution in [-0.4, -0.2) is 36.5 Å². The fraction of sp³-hybridized carbons (Fsp3) is 0.923. The molecule has 100 valence electrons. The topological polar surface area (TPSA) is 32.3 Å². The van der Waals surface area contributed by atoms with Gasteiger partial charge in [0.2, 0.25) is 5.91 Å². The van der Waals surface area contributed by atoms with Crippen LogP contribution in [0.25, 0.3) is 0 Å². The van der Waals surface area contributed by atoms with E-state index in [0.717, 1.165) is 26.1 Å². The number of piperazine rings is 1. The maximum atomic E-state index is 12.1. The predicted molar refractivity (Wildman–Crippen MR) is 72.5 cm³/mol. The number of rotatable bonds is 2. The summed E-state index contributed by atoms with van der Waals surface area (Å²) in [4.78, 5) is 14.2. The Balaban J connectivity index is 0.00000144. The molecule has 4 heteroatoms. The summed E-state index contributed by atoms with van der Waals surface area (Å²) in [6.07, 6.45) is 7.37. The summed E-state index contributed by atoms with van der Waals surface area (Å²) in [5, 5.41) is 3.38. The second kappa shape index (κ2) is 7.22. The highest BCUT2D eigenvalue weighted by Gasteiger charge is 2.23. The molecule has 2 fully saturated rings. The molecule has 3 nitrogen and oxygen atoms in total. The van der Waals surface area contributed by atoms with E-state index in [9.17, 15) is 4.79 Å². The van der Waals surface area contributed by atoms with Crippen LogP contribution in [-0.2, 0) is 4.79 Å². The molecule has 1 saturated heterocycles. The van der Waals surface area contributed by atoms with E-state index >= 15 is 0 Å². The second-order valence-corrected chi connectivity index (χ2v) is 5.40. The fourth-order valence-electron chi connectivity index (χ4n) is 2.93. The van der Waals surface area contributed by atoms with Gasteiger partial charge in [-0.1, -0.05) is 19.3 Å². The van der Waals surface area contributed by atoms with Gasteiger partial charge in [-0.05, 0) is 25.7 Å². The van der Waals surface area contributed by atoms with Gasteiger partial charge >= 0.3 is 0 Å². The van der Waals surface area contributed by atoms with Gasteiger partial charge in [-0.3, -0.25) is 4.79 Å². The number of carbonyl (C=O) groups excluding carboxylic acids is 1. The number of hydrogen-bond acceptors (Lipinski definition) is 2. The minimum absolute atomic E-state index is 0. The Morgan fingerprint density at radius 2 is 2.00 bits per heavy atom. The van der Waals surface area contributed by atoms with Crippen molar-refractivity contribution < 1.29 is 4.79 Å². The third-order valence-corrected chi connectivity index (χ3v) is 3.91. The highest BCUT2D eigenvalue weighted by atomic mass is 35.5. The summed E-state index contributed by atoms with van der Waals surface area (Å²) in [6, 6.07) is 0.462. The van der Waals surface area contributed by atoms with Crippen LogP contribution in [0.1, 0.15) is 45.4 Å². The zero-order valence-corrected chi connectivity index (χ0v) is 11.6. The lowest BCUT2D eigenvalue weighted by molar-refractivity contribution is -0.133. The van der Waals surface area contributed by atoms with Gasteiger partial charge < -0.3 is 10.2 Å². The average Bonchev–Trinajstić information content (AvgIpc) is 2.30. The van der Waals surface area contributed by atoms with Crippen molar-refractivity contribution in [2.24, 2.45) is 5.92 Å². The van der Waals surface area contributed by atoms with Crippen molar-refractivity contribution in [3.63, 3.8) is 0 Å². The highest BCUT2D eigenvalue weighted by molar-refractivity contribution is 5.85. The molecule has 1 saturated carbocycles. The van der Waals surface area contributed by atoms with Crippen LogP contribution in [0.3, 0.4) is 0 Å². The number of nitrogens with zero attached hydrogens (tertiary/aromatic N) is 1. The van der Waals surface area contributed by atoms with E-state index in [4.69, 9.17) is 0 Å². The largest absolute Gasteiger partial charge is 0.340 e. The fourth-order valence-corrected chi connectivity index (χ4v) is 2.93. The minimum atomic E-state index is 0. The van der Waals surface area contributed by atoms with Crippen molar-refractivity contribution in [2.75, 3.05) is 19.6 Å². The molecule has 0 unspecified atom stereocenters. The smallest absolute Gasteiger partial charge is 0.222 e. The van der Waals surface area contributed by atoms with Crippen LogP contribution in [0.15, 0.2) is 0 Å². The van der Waals surface area contributed by atoms with Gasteiger partial charge in [-0.25, -0.2) is 0 Å². The number of halogens is 1. The van der Waals surface area contributed by atoms with E-state index in [1.54, 1.807) is 0 Å². The van der Waals surface area contributed by atoms with E-state index in [-0.39, 0.29) is 12.4 Å². The summed E-state index contributed by atoms with van der Waals surface area (Å²) in [5.74, 6) is 1.06. The Hall–Kier alpha value is -0.280.